The van der Waals surface area contributed by atoms with Gasteiger partial charge < -0.3 is 35.0 Å². The molecule has 1 heterocycles. The summed E-state index contributed by atoms with van der Waals surface area (Å²) in [5.74, 6) is -1.57. The molecule has 12 nitrogen and oxygen atoms in total. The Labute approximate surface area is 326 Å². The molecule has 4 amide bonds. The van der Waals surface area contributed by atoms with E-state index in [-0.39, 0.29) is 59.9 Å². The number of amides is 4. The van der Waals surface area contributed by atoms with Gasteiger partial charge in [-0.1, -0.05) is 85.2 Å². The Morgan fingerprint density at radius 1 is 0.889 bits per heavy atom. The largest absolute Gasteiger partial charge is 0.386 e. The van der Waals surface area contributed by atoms with Gasteiger partial charge in [0.2, 0.25) is 23.6 Å². The predicted octanol–water partition coefficient (Wildman–Crippen LogP) is 4.65. The van der Waals surface area contributed by atoms with Crippen LogP contribution in [0, 0.1) is 23.7 Å². The summed E-state index contributed by atoms with van der Waals surface area (Å²) in [4.78, 5) is 61.3. The van der Waals surface area contributed by atoms with Crippen molar-refractivity contribution in [2.75, 3.05) is 34.9 Å². The van der Waals surface area contributed by atoms with E-state index in [0.717, 1.165) is 12.8 Å². The van der Waals surface area contributed by atoms with E-state index < -0.39 is 48.4 Å². The summed E-state index contributed by atoms with van der Waals surface area (Å²) >= 11 is 0. The second-order valence-corrected chi connectivity index (χ2v) is 16.4. The minimum Gasteiger partial charge on any atom is -0.386 e. The number of nitrogens with one attached hydrogen (secondary N) is 2. The predicted molar refractivity (Wildman–Crippen MR) is 213 cm³/mol. The van der Waals surface area contributed by atoms with Crippen LogP contribution in [0.5, 0.6) is 0 Å². The monoisotopic (exact) mass is 760 g/mol. The molecule has 1 aliphatic heterocycles. The molecule has 1 aliphatic rings. The SMILES string of the molecule is CC[C@H](C)[C@@H]([C@@H](CC(=O)N1CCC[C@H]1[C@H](OC)[C@@H](C)C(=O)N[C@H](C)[C@@H](O)c1ccccc1)OC)N(C)C(=O)C(NC(=O)C(C(C)C)N(C)C(C)C)C(C)C. The number of hydrogen-bond donors (Lipinski definition) is 3. The van der Waals surface area contributed by atoms with Crippen LogP contribution >= 0.6 is 0 Å². The number of methoxy groups -OCH3 is 2. The highest BCUT2D eigenvalue weighted by Gasteiger charge is 2.43. The molecule has 0 spiro atoms. The fourth-order valence-electron chi connectivity index (χ4n) is 7.93. The summed E-state index contributed by atoms with van der Waals surface area (Å²) < 4.78 is 12.0. The van der Waals surface area contributed by atoms with Crippen molar-refractivity contribution < 1.29 is 33.8 Å². The Balaban J connectivity index is 2.27. The Kier molecular flexibility index (Phi) is 19.1. The molecule has 1 fully saturated rings. The minimum absolute atomic E-state index is 0.0197. The molecule has 10 atom stereocenters. The smallest absolute Gasteiger partial charge is 0.245 e. The molecule has 0 bridgehead atoms. The molecule has 0 aromatic heterocycles. The second kappa shape index (κ2) is 21.9. The minimum atomic E-state index is -0.877. The number of aliphatic hydroxyl groups is 1. The first-order valence-corrected chi connectivity index (χ1v) is 20.0. The van der Waals surface area contributed by atoms with Gasteiger partial charge in [0.05, 0.1) is 54.8 Å². The lowest BCUT2D eigenvalue weighted by Crippen LogP contribution is -2.60. The van der Waals surface area contributed by atoms with Gasteiger partial charge in [-0.15, -0.1) is 0 Å². The number of carbonyl (C=O) groups excluding carboxylic acids is 4. The van der Waals surface area contributed by atoms with Crippen molar-refractivity contribution in [3.05, 3.63) is 35.9 Å². The van der Waals surface area contributed by atoms with Crippen LogP contribution in [-0.4, -0.2) is 127 Å². The van der Waals surface area contributed by atoms with Crippen molar-refractivity contribution in [1.82, 2.24) is 25.3 Å². The van der Waals surface area contributed by atoms with Crippen LogP contribution in [0.2, 0.25) is 0 Å². The van der Waals surface area contributed by atoms with Gasteiger partial charge >= 0.3 is 0 Å². The highest BCUT2D eigenvalue weighted by atomic mass is 16.5. The molecule has 3 N–H and O–H groups in total. The highest BCUT2D eigenvalue weighted by molar-refractivity contribution is 5.90. The Bertz CT molecular complexity index is 1330. The molecule has 1 saturated heterocycles. The van der Waals surface area contributed by atoms with E-state index in [1.807, 2.05) is 90.7 Å². The molecule has 54 heavy (non-hydrogen) atoms. The lowest BCUT2D eigenvalue weighted by atomic mass is 9.89. The van der Waals surface area contributed by atoms with Crippen molar-refractivity contribution in [1.29, 1.82) is 0 Å². The third-order valence-electron chi connectivity index (χ3n) is 11.6. The zero-order valence-electron chi connectivity index (χ0n) is 35.7. The Morgan fingerprint density at radius 3 is 2.00 bits per heavy atom. The van der Waals surface area contributed by atoms with Gasteiger partial charge in [-0.2, -0.15) is 0 Å². The van der Waals surface area contributed by atoms with Crippen molar-refractivity contribution >= 4 is 23.6 Å². The van der Waals surface area contributed by atoms with Gasteiger partial charge in [-0.3, -0.25) is 24.1 Å². The highest BCUT2D eigenvalue weighted by Crippen LogP contribution is 2.30. The number of ether oxygens (including phenoxy) is 2. The number of carbonyl (C=O) groups is 4. The fourth-order valence-corrected chi connectivity index (χ4v) is 7.93. The molecular formula is C42H73N5O7. The average Bonchev–Trinajstić information content (AvgIpc) is 3.62. The molecule has 0 aliphatic carbocycles. The normalized spacial score (nSPS) is 19.9. The van der Waals surface area contributed by atoms with Crippen LogP contribution in [0.3, 0.4) is 0 Å². The van der Waals surface area contributed by atoms with Gasteiger partial charge in [0.1, 0.15) is 6.04 Å². The number of aliphatic hydroxyl groups excluding tert-OH is 1. The molecule has 308 valence electrons. The maximum atomic E-state index is 14.3. The second-order valence-electron chi connectivity index (χ2n) is 16.4. The van der Waals surface area contributed by atoms with E-state index in [0.29, 0.717) is 18.5 Å². The Morgan fingerprint density at radius 2 is 1.50 bits per heavy atom. The summed E-state index contributed by atoms with van der Waals surface area (Å²) in [6.07, 6.45) is 0.136. The lowest BCUT2D eigenvalue weighted by molar-refractivity contribution is -0.148. The van der Waals surface area contributed by atoms with Crippen LogP contribution in [0.25, 0.3) is 0 Å². The number of nitrogens with zero attached hydrogens (tertiary/aromatic N) is 3. The van der Waals surface area contributed by atoms with Crippen molar-refractivity contribution in [3.63, 3.8) is 0 Å². The summed E-state index contributed by atoms with van der Waals surface area (Å²) in [6, 6.07) is 6.85. The van der Waals surface area contributed by atoms with Crippen LogP contribution in [0.15, 0.2) is 30.3 Å². The molecule has 1 aromatic carbocycles. The lowest BCUT2D eigenvalue weighted by Gasteiger charge is -2.41. The van der Waals surface area contributed by atoms with Crippen molar-refractivity contribution in [3.8, 4) is 0 Å². The van der Waals surface area contributed by atoms with E-state index in [2.05, 4.69) is 17.6 Å². The van der Waals surface area contributed by atoms with Crippen molar-refractivity contribution in [2.45, 2.75) is 149 Å². The Hall–Kier alpha value is -3.06. The van der Waals surface area contributed by atoms with Crippen LogP contribution < -0.4 is 10.6 Å². The summed E-state index contributed by atoms with van der Waals surface area (Å²) in [7, 11) is 6.80. The number of likely N-dealkylation sites (N-methyl/N-ethyl adjacent to an activating group) is 2. The van der Waals surface area contributed by atoms with Gasteiger partial charge in [0.15, 0.2) is 0 Å². The summed E-state index contributed by atoms with van der Waals surface area (Å²) in [6.45, 7) is 20.1. The maximum Gasteiger partial charge on any atom is 0.245 e. The van der Waals surface area contributed by atoms with Gasteiger partial charge in [-0.05, 0) is 64.0 Å². The van der Waals surface area contributed by atoms with E-state index >= 15 is 0 Å². The van der Waals surface area contributed by atoms with Crippen LogP contribution in [-0.2, 0) is 28.7 Å². The first-order valence-electron chi connectivity index (χ1n) is 20.0. The summed E-state index contributed by atoms with van der Waals surface area (Å²) in [5.41, 5.74) is 0.711. The maximum absolute atomic E-state index is 14.3. The number of benzene rings is 1. The zero-order chi connectivity index (χ0) is 41.0. The third kappa shape index (κ3) is 12.0. The van der Waals surface area contributed by atoms with Gasteiger partial charge in [0, 0.05) is 33.9 Å². The van der Waals surface area contributed by atoms with E-state index in [9.17, 15) is 24.3 Å². The van der Waals surface area contributed by atoms with Crippen LogP contribution in [0.4, 0.5) is 0 Å². The van der Waals surface area contributed by atoms with Gasteiger partial charge in [-0.25, -0.2) is 0 Å². The summed E-state index contributed by atoms with van der Waals surface area (Å²) in [5, 5.41) is 16.9. The third-order valence-corrected chi connectivity index (χ3v) is 11.6. The van der Waals surface area contributed by atoms with E-state index in [1.165, 1.54) is 0 Å². The first-order chi connectivity index (χ1) is 25.3. The molecule has 1 aromatic rings. The fraction of sp³-hybridized carbons (Fsp3) is 0.762. The topological polar surface area (TPSA) is 141 Å². The van der Waals surface area contributed by atoms with Crippen LogP contribution in [0.1, 0.15) is 107 Å². The van der Waals surface area contributed by atoms with Crippen molar-refractivity contribution in [2.24, 2.45) is 23.7 Å². The van der Waals surface area contributed by atoms with Gasteiger partial charge in [0.25, 0.3) is 0 Å². The molecule has 0 radical (unpaired) electrons. The molecule has 2 rings (SSSR count). The standard InChI is InChI=1S/C42H73N5O7/c1-15-28(8)37(46(12)42(52)35(25(2)3)44-41(51)36(26(4)5)45(11)27(6)7)33(53-13)24-34(48)47-23-19-22-32(47)39(54-14)29(9)40(50)43-30(10)38(49)31-20-17-16-18-21-31/h16-18,20-21,25-30,32-33,35-39,49H,15,19,22-24H2,1-14H3,(H,43,50)(H,44,51)/t28-,29+,30+,32-,33+,35?,36?,37-,38+,39+/m0/s1. The number of hydrogen-bond acceptors (Lipinski definition) is 8. The molecule has 2 unspecified atom stereocenters. The van der Waals surface area contributed by atoms with E-state index in [4.69, 9.17) is 9.47 Å². The van der Waals surface area contributed by atoms with E-state index in [1.54, 1.807) is 44.9 Å². The molecule has 12 heteroatoms. The number of rotatable bonds is 21. The quantitative estimate of drug-likeness (QED) is 0.165. The average molecular weight is 760 g/mol. The first kappa shape index (κ1) is 47.1. The zero-order valence-corrected chi connectivity index (χ0v) is 35.7. The number of likely N-dealkylation sites (tertiary alicyclic amines) is 1. The molecular weight excluding hydrogens is 686 g/mol. The molecule has 0 saturated carbocycles.